The second kappa shape index (κ2) is 7.80. The van der Waals surface area contributed by atoms with E-state index in [0.717, 1.165) is 29.8 Å². The van der Waals surface area contributed by atoms with E-state index in [4.69, 9.17) is 11.6 Å². The number of benzene rings is 1. The summed E-state index contributed by atoms with van der Waals surface area (Å²) in [5, 5.41) is 6.82. The number of pyridine rings is 1. The van der Waals surface area contributed by atoms with Gasteiger partial charge in [-0.2, -0.15) is 0 Å². The van der Waals surface area contributed by atoms with Crippen LogP contribution in [0.15, 0.2) is 36.5 Å². The number of carbonyl (C=O) groups is 1. The van der Waals surface area contributed by atoms with Crippen LogP contribution < -0.4 is 10.6 Å². The molecular weight excluding hydrogens is 298 g/mol. The summed E-state index contributed by atoms with van der Waals surface area (Å²) in [4.78, 5) is 16.1. The van der Waals surface area contributed by atoms with E-state index in [2.05, 4.69) is 22.5 Å². The molecule has 0 spiro atoms. The van der Waals surface area contributed by atoms with Crippen LogP contribution in [0.3, 0.4) is 0 Å². The number of hydrogen-bond donors (Lipinski definition) is 2. The monoisotopic (exact) mass is 317 g/mol. The Balaban J connectivity index is 2.01. The number of amides is 1. The maximum Gasteiger partial charge on any atom is 0.269 e. The zero-order valence-electron chi connectivity index (χ0n) is 12.8. The van der Waals surface area contributed by atoms with Gasteiger partial charge in [0.2, 0.25) is 0 Å². The summed E-state index contributed by atoms with van der Waals surface area (Å²) in [5.74, 6) is -0.136. The molecule has 2 aromatic rings. The van der Waals surface area contributed by atoms with Gasteiger partial charge in [-0.15, -0.1) is 0 Å². The van der Waals surface area contributed by atoms with Crippen LogP contribution in [0.4, 0.5) is 11.4 Å². The molecule has 0 saturated carbocycles. The fourth-order valence-electron chi connectivity index (χ4n) is 1.99. The third kappa shape index (κ3) is 4.46. The molecule has 1 aromatic heterocycles. The second-order valence-corrected chi connectivity index (χ2v) is 5.56. The van der Waals surface area contributed by atoms with Crippen LogP contribution in [-0.4, -0.2) is 17.4 Å². The van der Waals surface area contributed by atoms with Crippen molar-refractivity contribution >= 4 is 28.9 Å². The van der Waals surface area contributed by atoms with E-state index in [-0.39, 0.29) is 5.91 Å². The van der Waals surface area contributed by atoms with Gasteiger partial charge in [-0.1, -0.05) is 24.9 Å². The van der Waals surface area contributed by atoms with E-state index < -0.39 is 0 Å². The number of carbonyl (C=O) groups excluding carboxylic acids is 1. The van der Waals surface area contributed by atoms with Crippen LogP contribution in [0.5, 0.6) is 0 Å². The van der Waals surface area contributed by atoms with Crippen molar-refractivity contribution in [3.63, 3.8) is 0 Å². The molecule has 4 nitrogen and oxygen atoms in total. The molecule has 2 N–H and O–H groups in total. The minimum atomic E-state index is -0.136. The number of nitrogens with one attached hydrogen (secondary N) is 2. The first-order chi connectivity index (χ1) is 10.6. The van der Waals surface area contributed by atoms with Crippen LogP contribution in [0, 0.1) is 6.92 Å². The minimum Gasteiger partial charge on any atom is -0.354 e. The Labute approximate surface area is 135 Å². The van der Waals surface area contributed by atoms with Crippen molar-refractivity contribution in [2.45, 2.75) is 26.7 Å². The summed E-state index contributed by atoms with van der Waals surface area (Å²) in [7, 11) is 0. The SMILES string of the molecule is CCCCNC(=O)c1ccc(Nc2ccc(Cl)cc2C)cn1. The highest BCUT2D eigenvalue weighted by Crippen LogP contribution is 2.23. The van der Waals surface area contributed by atoms with Crippen molar-refractivity contribution in [3.05, 3.63) is 52.8 Å². The Kier molecular flexibility index (Phi) is 5.78. The summed E-state index contributed by atoms with van der Waals surface area (Å²) < 4.78 is 0. The molecule has 0 aliphatic rings. The van der Waals surface area contributed by atoms with E-state index in [0.29, 0.717) is 17.3 Å². The maximum absolute atomic E-state index is 11.9. The van der Waals surface area contributed by atoms with Crippen LogP contribution in [0.2, 0.25) is 5.02 Å². The Morgan fingerprint density at radius 2 is 2.09 bits per heavy atom. The lowest BCUT2D eigenvalue weighted by Gasteiger charge is -2.10. The van der Waals surface area contributed by atoms with Gasteiger partial charge in [0.25, 0.3) is 5.91 Å². The normalized spacial score (nSPS) is 10.3. The van der Waals surface area contributed by atoms with Gasteiger partial charge in [0.05, 0.1) is 11.9 Å². The predicted octanol–water partition coefficient (Wildman–Crippen LogP) is 4.32. The van der Waals surface area contributed by atoms with E-state index in [1.165, 1.54) is 0 Å². The molecule has 0 aliphatic heterocycles. The van der Waals surface area contributed by atoms with Crippen LogP contribution in [0.1, 0.15) is 35.8 Å². The molecule has 5 heteroatoms. The number of anilines is 2. The average molecular weight is 318 g/mol. The number of aromatic nitrogens is 1. The first-order valence-electron chi connectivity index (χ1n) is 7.37. The van der Waals surface area contributed by atoms with Crippen molar-refractivity contribution in [2.24, 2.45) is 0 Å². The molecule has 1 amide bonds. The Morgan fingerprint density at radius 3 is 2.73 bits per heavy atom. The van der Waals surface area contributed by atoms with Gasteiger partial charge in [0.15, 0.2) is 0 Å². The van der Waals surface area contributed by atoms with Crippen molar-refractivity contribution in [2.75, 3.05) is 11.9 Å². The molecule has 0 aliphatic carbocycles. The van der Waals surface area contributed by atoms with Gasteiger partial charge < -0.3 is 10.6 Å². The Morgan fingerprint density at radius 1 is 1.27 bits per heavy atom. The molecule has 0 fully saturated rings. The quantitative estimate of drug-likeness (QED) is 0.780. The van der Waals surface area contributed by atoms with Crippen LogP contribution >= 0.6 is 11.6 Å². The summed E-state index contributed by atoms with van der Waals surface area (Å²) in [6, 6.07) is 9.21. The largest absolute Gasteiger partial charge is 0.354 e. The summed E-state index contributed by atoms with van der Waals surface area (Å²) in [5.41, 5.74) is 3.27. The third-order valence-electron chi connectivity index (χ3n) is 3.28. The number of nitrogens with zero attached hydrogens (tertiary/aromatic N) is 1. The summed E-state index contributed by atoms with van der Waals surface area (Å²) in [6.45, 7) is 4.75. The van der Waals surface area contributed by atoms with Crippen LogP contribution in [-0.2, 0) is 0 Å². The molecule has 0 saturated heterocycles. The molecule has 116 valence electrons. The maximum atomic E-state index is 11.9. The topological polar surface area (TPSA) is 54.0 Å². The number of unbranched alkanes of at least 4 members (excludes halogenated alkanes) is 1. The Bertz CT molecular complexity index is 641. The van der Waals surface area contributed by atoms with Gasteiger partial charge in [-0.3, -0.25) is 4.79 Å². The molecule has 0 atom stereocenters. The lowest BCUT2D eigenvalue weighted by Crippen LogP contribution is -2.25. The van der Waals surface area contributed by atoms with E-state index >= 15 is 0 Å². The summed E-state index contributed by atoms with van der Waals surface area (Å²) in [6.07, 6.45) is 3.68. The predicted molar refractivity (Wildman–Crippen MR) is 90.9 cm³/mol. The van der Waals surface area contributed by atoms with Gasteiger partial charge in [-0.05, 0) is 49.2 Å². The zero-order chi connectivity index (χ0) is 15.9. The standard InChI is InChI=1S/C17H20ClN3O/c1-3-4-9-19-17(22)16-8-6-14(11-20-16)21-15-7-5-13(18)10-12(15)2/h5-8,10-11,21H,3-4,9H2,1-2H3,(H,19,22). The van der Waals surface area contributed by atoms with Gasteiger partial charge in [0.1, 0.15) is 5.69 Å². The fraction of sp³-hybridized carbons (Fsp3) is 0.294. The highest BCUT2D eigenvalue weighted by molar-refractivity contribution is 6.30. The zero-order valence-corrected chi connectivity index (χ0v) is 13.6. The van der Waals surface area contributed by atoms with Gasteiger partial charge >= 0.3 is 0 Å². The minimum absolute atomic E-state index is 0.136. The first kappa shape index (κ1) is 16.3. The lowest BCUT2D eigenvalue weighted by atomic mass is 10.2. The highest BCUT2D eigenvalue weighted by atomic mass is 35.5. The second-order valence-electron chi connectivity index (χ2n) is 5.13. The average Bonchev–Trinajstić information content (AvgIpc) is 2.51. The van der Waals surface area contributed by atoms with Crippen molar-refractivity contribution in [1.29, 1.82) is 0 Å². The molecule has 1 heterocycles. The van der Waals surface area contributed by atoms with Crippen molar-refractivity contribution in [3.8, 4) is 0 Å². The molecule has 22 heavy (non-hydrogen) atoms. The molecule has 1 aromatic carbocycles. The van der Waals surface area contributed by atoms with Gasteiger partial charge in [0, 0.05) is 17.3 Å². The number of rotatable bonds is 6. The molecule has 2 rings (SSSR count). The van der Waals surface area contributed by atoms with Gasteiger partial charge in [-0.25, -0.2) is 4.98 Å². The van der Waals surface area contributed by atoms with Crippen molar-refractivity contribution < 1.29 is 4.79 Å². The molecule has 0 unspecified atom stereocenters. The number of halogens is 1. The highest BCUT2D eigenvalue weighted by Gasteiger charge is 2.06. The van der Waals surface area contributed by atoms with E-state index in [9.17, 15) is 4.79 Å². The van der Waals surface area contributed by atoms with Crippen LogP contribution in [0.25, 0.3) is 0 Å². The Hall–Kier alpha value is -2.07. The smallest absolute Gasteiger partial charge is 0.269 e. The molecule has 0 radical (unpaired) electrons. The lowest BCUT2D eigenvalue weighted by molar-refractivity contribution is 0.0948. The molecule has 0 bridgehead atoms. The molecular formula is C17H20ClN3O. The number of aryl methyl sites for hydroxylation is 1. The first-order valence-corrected chi connectivity index (χ1v) is 7.75. The fourth-order valence-corrected chi connectivity index (χ4v) is 2.22. The number of hydrogen-bond acceptors (Lipinski definition) is 3. The summed E-state index contributed by atoms with van der Waals surface area (Å²) >= 11 is 5.94. The van der Waals surface area contributed by atoms with E-state index in [1.54, 1.807) is 12.3 Å². The third-order valence-corrected chi connectivity index (χ3v) is 3.51. The van der Waals surface area contributed by atoms with E-state index in [1.807, 2.05) is 31.2 Å². The van der Waals surface area contributed by atoms with Crippen molar-refractivity contribution in [1.82, 2.24) is 10.3 Å².